The summed E-state index contributed by atoms with van der Waals surface area (Å²) in [6.07, 6.45) is 2.53. The lowest BCUT2D eigenvalue weighted by molar-refractivity contribution is 0.267. The van der Waals surface area contributed by atoms with Crippen LogP contribution in [-0.4, -0.2) is 24.8 Å². The molecule has 1 aromatic carbocycles. The summed E-state index contributed by atoms with van der Waals surface area (Å²) in [6, 6.07) is 6.08. The van der Waals surface area contributed by atoms with Crippen molar-refractivity contribution < 1.29 is 9.84 Å². The van der Waals surface area contributed by atoms with Crippen LogP contribution in [0.3, 0.4) is 0 Å². The molecule has 0 radical (unpaired) electrons. The Labute approximate surface area is 96.6 Å². The number of aliphatic hydroxyl groups excluding tert-OH is 1. The molecule has 1 heterocycles. The molecule has 0 bridgehead atoms. The maximum Gasteiger partial charge on any atom is 0.124 e. The molecule has 2 rings (SSSR count). The van der Waals surface area contributed by atoms with Crippen LogP contribution in [-0.2, 0) is 6.61 Å². The molecule has 16 heavy (non-hydrogen) atoms. The molecule has 3 nitrogen and oxygen atoms in total. The monoisotopic (exact) mass is 221 g/mol. The van der Waals surface area contributed by atoms with Gasteiger partial charge in [-0.3, -0.25) is 0 Å². The molecule has 1 aliphatic rings. The van der Waals surface area contributed by atoms with Gasteiger partial charge in [-0.2, -0.15) is 0 Å². The predicted octanol–water partition coefficient (Wildman–Crippen LogP) is 2.18. The number of hydrogen-bond donors (Lipinski definition) is 1. The summed E-state index contributed by atoms with van der Waals surface area (Å²) in [6.45, 7) is 4.88. The highest BCUT2D eigenvalue weighted by molar-refractivity contribution is 5.53. The molecule has 1 aromatic rings. The van der Waals surface area contributed by atoms with E-state index in [4.69, 9.17) is 4.74 Å². The van der Waals surface area contributed by atoms with Crippen LogP contribution in [0.4, 0.5) is 5.69 Å². The average molecular weight is 221 g/mol. The summed E-state index contributed by atoms with van der Waals surface area (Å²) in [5.41, 5.74) is 2.08. The Bertz CT molecular complexity index is 346. The maximum atomic E-state index is 9.31. The van der Waals surface area contributed by atoms with Crippen LogP contribution in [0, 0.1) is 0 Å². The van der Waals surface area contributed by atoms with Crippen molar-refractivity contribution in [2.45, 2.75) is 26.4 Å². The summed E-state index contributed by atoms with van der Waals surface area (Å²) in [4.78, 5) is 2.36. The van der Waals surface area contributed by atoms with Crippen LogP contribution in [0.15, 0.2) is 18.2 Å². The van der Waals surface area contributed by atoms with Crippen LogP contribution < -0.4 is 9.64 Å². The fraction of sp³-hybridized carbons (Fsp3) is 0.538. The normalized spacial score (nSPS) is 15.5. The quantitative estimate of drug-likeness (QED) is 0.846. The highest BCUT2D eigenvalue weighted by Gasteiger charge is 2.13. The van der Waals surface area contributed by atoms with Crippen molar-refractivity contribution in [2.75, 3.05) is 24.6 Å². The van der Waals surface area contributed by atoms with Crippen LogP contribution in [0.25, 0.3) is 0 Å². The number of benzene rings is 1. The Morgan fingerprint density at radius 1 is 1.31 bits per heavy atom. The van der Waals surface area contributed by atoms with E-state index in [2.05, 4.69) is 11.0 Å². The molecule has 0 aromatic heterocycles. The lowest BCUT2D eigenvalue weighted by atomic mass is 10.1. The number of nitrogens with zero attached hydrogens (tertiary/aromatic N) is 1. The van der Waals surface area contributed by atoms with Gasteiger partial charge in [-0.15, -0.1) is 0 Å². The number of aliphatic hydroxyl groups is 1. The molecule has 0 atom stereocenters. The van der Waals surface area contributed by atoms with E-state index in [1.807, 2.05) is 19.1 Å². The molecule has 0 spiro atoms. The van der Waals surface area contributed by atoms with Gasteiger partial charge in [0.15, 0.2) is 0 Å². The highest BCUT2D eigenvalue weighted by atomic mass is 16.5. The van der Waals surface area contributed by atoms with E-state index in [0.29, 0.717) is 6.61 Å². The molecule has 1 N–H and O–H groups in total. The lowest BCUT2D eigenvalue weighted by Gasteiger charge is -2.19. The van der Waals surface area contributed by atoms with E-state index in [0.717, 1.165) is 24.4 Å². The highest BCUT2D eigenvalue weighted by Crippen LogP contribution is 2.27. The third-order valence-corrected chi connectivity index (χ3v) is 2.99. The van der Waals surface area contributed by atoms with Crippen molar-refractivity contribution in [1.29, 1.82) is 0 Å². The first-order valence-electron chi connectivity index (χ1n) is 5.96. The lowest BCUT2D eigenvalue weighted by Crippen LogP contribution is -2.17. The number of anilines is 1. The first-order chi connectivity index (χ1) is 7.85. The van der Waals surface area contributed by atoms with E-state index < -0.39 is 0 Å². The fourth-order valence-corrected chi connectivity index (χ4v) is 2.16. The van der Waals surface area contributed by atoms with Crippen LogP contribution >= 0.6 is 0 Å². The third kappa shape index (κ3) is 2.30. The predicted molar refractivity (Wildman–Crippen MR) is 65.0 cm³/mol. The Balaban J connectivity index is 2.21. The Morgan fingerprint density at radius 2 is 2.06 bits per heavy atom. The van der Waals surface area contributed by atoms with Gasteiger partial charge >= 0.3 is 0 Å². The van der Waals surface area contributed by atoms with Gasteiger partial charge in [-0.1, -0.05) is 0 Å². The van der Waals surface area contributed by atoms with Gasteiger partial charge in [0.2, 0.25) is 0 Å². The van der Waals surface area contributed by atoms with Crippen LogP contribution in [0.2, 0.25) is 0 Å². The molecular formula is C13H19NO2. The Kier molecular flexibility index (Phi) is 3.67. The maximum absolute atomic E-state index is 9.31. The van der Waals surface area contributed by atoms with Gasteiger partial charge in [0.05, 0.1) is 13.2 Å². The molecule has 0 aliphatic carbocycles. The van der Waals surface area contributed by atoms with Gasteiger partial charge in [-0.05, 0) is 38.0 Å². The van der Waals surface area contributed by atoms with Crippen LogP contribution in [0.1, 0.15) is 25.3 Å². The molecule has 0 amide bonds. The van der Waals surface area contributed by atoms with E-state index in [1.165, 1.54) is 18.5 Å². The Morgan fingerprint density at radius 3 is 2.69 bits per heavy atom. The van der Waals surface area contributed by atoms with Crippen molar-refractivity contribution in [3.63, 3.8) is 0 Å². The zero-order valence-electron chi connectivity index (χ0n) is 9.78. The zero-order valence-corrected chi connectivity index (χ0v) is 9.78. The molecule has 0 saturated carbocycles. The van der Waals surface area contributed by atoms with Gasteiger partial charge in [-0.25, -0.2) is 0 Å². The van der Waals surface area contributed by atoms with Gasteiger partial charge in [0.1, 0.15) is 5.75 Å². The second-order valence-electron chi connectivity index (χ2n) is 4.08. The second-order valence-corrected chi connectivity index (χ2v) is 4.08. The molecule has 0 unspecified atom stereocenters. The number of hydrogen-bond acceptors (Lipinski definition) is 3. The molecule has 1 aliphatic heterocycles. The summed E-state index contributed by atoms with van der Waals surface area (Å²) < 4.78 is 5.47. The van der Waals surface area contributed by atoms with Crippen molar-refractivity contribution in [2.24, 2.45) is 0 Å². The van der Waals surface area contributed by atoms with Crippen molar-refractivity contribution in [1.82, 2.24) is 0 Å². The largest absolute Gasteiger partial charge is 0.494 e. The first-order valence-corrected chi connectivity index (χ1v) is 5.96. The zero-order chi connectivity index (χ0) is 11.4. The summed E-state index contributed by atoms with van der Waals surface area (Å²) >= 11 is 0. The minimum atomic E-state index is 0.0387. The van der Waals surface area contributed by atoms with Gasteiger partial charge < -0.3 is 14.7 Å². The topological polar surface area (TPSA) is 32.7 Å². The molecule has 1 saturated heterocycles. The smallest absolute Gasteiger partial charge is 0.124 e. The molecule has 3 heteroatoms. The Hall–Kier alpha value is -1.22. The molecule has 1 fully saturated rings. The number of rotatable bonds is 4. The second kappa shape index (κ2) is 5.21. The van der Waals surface area contributed by atoms with E-state index in [-0.39, 0.29) is 6.61 Å². The fourth-order valence-electron chi connectivity index (χ4n) is 2.16. The minimum Gasteiger partial charge on any atom is -0.494 e. The summed E-state index contributed by atoms with van der Waals surface area (Å²) in [7, 11) is 0. The first kappa shape index (κ1) is 11.3. The molecular weight excluding hydrogens is 202 g/mol. The van der Waals surface area contributed by atoms with E-state index in [1.54, 1.807) is 0 Å². The molecule has 88 valence electrons. The SMILES string of the molecule is CCOc1ccc(N2CCCC2)cc1CO. The van der Waals surface area contributed by atoms with Gasteiger partial charge in [0.25, 0.3) is 0 Å². The van der Waals surface area contributed by atoms with Crippen molar-refractivity contribution >= 4 is 5.69 Å². The minimum absolute atomic E-state index is 0.0387. The van der Waals surface area contributed by atoms with E-state index >= 15 is 0 Å². The number of ether oxygens (including phenoxy) is 1. The van der Waals surface area contributed by atoms with Gasteiger partial charge in [0, 0.05) is 24.3 Å². The van der Waals surface area contributed by atoms with E-state index in [9.17, 15) is 5.11 Å². The van der Waals surface area contributed by atoms with Crippen molar-refractivity contribution in [3.05, 3.63) is 23.8 Å². The summed E-state index contributed by atoms with van der Waals surface area (Å²) in [5, 5.41) is 9.31. The van der Waals surface area contributed by atoms with Crippen LogP contribution in [0.5, 0.6) is 5.75 Å². The average Bonchev–Trinajstić information content (AvgIpc) is 2.83. The van der Waals surface area contributed by atoms with Crippen molar-refractivity contribution in [3.8, 4) is 5.75 Å². The summed E-state index contributed by atoms with van der Waals surface area (Å²) in [5.74, 6) is 0.799. The third-order valence-electron chi connectivity index (χ3n) is 2.99. The standard InChI is InChI=1S/C13H19NO2/c1-2-16-13-6-5-12(9-11(13)10-15)14-7-3-4-8-14/h5-6,9,15H,2-4,7-8,10H2,1H3.